The van der Waals surface area contributed by atoms with E-state index in [4.69, 9.17) is 5.11 Å². The largest absolute Gasteiger partial charge is 0.481 e. The van der Waals surface area contributed by atoms with Crippen molar-refractivity contribution in [3.63, 3.8) is 0 Å². The molecule has 3 atom stereocenters. The Kier molecular flexibility index (Phi) is 4.40. The number of hydrogen-bond donors (Lipinski definition) is 1. The highest BCUT2D eigenvalue weighted by Gasteiger charge is 2.38. The lowest BCUT2D eigenvalue weighted by Crippen LogP contribution is -2.50. The van der Waals surface area contributed by atoms with E-state index in [0.29, 0.717) is 12.3 Å². The Hall–Kier alpha value is -1.06. The van der Waals surface area contributed by atoms with Crippen LogP contribution in [0.3, 0.4) is 0 Å². The van der Waals surface area contributed by atoms with Crippen molar-refractivity contribution in [1.29, 1.82) is 0 Å². The molecule has 1 saturated heterocycles. The number of rotatable bonds is 2. The summed E-state index contributed by atoms with van der Waals surface area (Å²) >= 11 is 0. The molecule has 1 saturated carbocycles. The summed E-state index contributed by atoms with van der Waals surface area (Å²) in [6.07, 6.45) is 4.02. The number of amides is 1. The molecule has 1 heterocycles. The molecule has 4 nitrogen and oxygen atoms in total. The summed E-state index contributed by atoms with van der Waals surface area (Å²) in [6, 6.07) is 0. The Balaban J connectivity index is 1.99. The highest BCUT2D eigenvalue weighted by Crippen LogP contribution is 2.37. The van der Waals surface area contributed by atoms with E-state index in [1.165, 1.54) is 0 Å². The molecule has 0 aromatic heterocycles. The van der Waals surface area contributed by atoms with Gasteiger partial charge in [0.15, 0.2) is 0 Å². The van der Waals surface area contributed by atoms with E-state index in [1.807, 2.05) is 4.90 Å². The third-order valence-electron chi connectivity index (χ3n) is 5.45. The van der Waals surface area contributed by atoms with Crippen molar-refractivity contribution in [3.8, 4) is 0 Å². The molecule has 0 aromatic rings. The van der Waals surface area contributed by atoms with Gasteiger partial charge in [-0.3, -0.25) is 9.59 Å². The van der Waals surface area contributed by atoms with Crippen molar-refractivity contribution in [1.82, 2.24) is 4.90 Å². The van der Waals surface area contributed by atoms with E-state index in [9.17, 15) is 9.59 Å². The van der Waals surface area contributed by atoms with Gasteiger partial charge in [0, 0.05) is 19.0 Å². The molecule has 0 radical (unpaired) electrons. The average molecular weight is 281 g/mol. The van der Waals surface area contributed by atoms with Crippen molar-refractivity contribution >= 4 is 11.9 Å². The fourth-order valence-corrected chi connectivity index (χ4v) is 3.55. The maximum atomic E-state index is 12.6. The fourth-order valence-electron chi connectivity index (χ4n) is 3.55. The number of carboxylic acids is 1. The molecule has 1 aliphatic heterocycles. The first-order chi connectivity index (χ1) is 9.31. The molecule has 1 amide bonds. The standard InChI is InChI=1S/C16H27NO3/c1-11-7-8-17(10-16(11,2)3)14(18)12-5-4-6-13(9-12)15(19)20/h11-13H,4-10H2,1-3H3,(H,19,20). The number of carbonyl (C=O) groups excluding carboxylic acids is 1. The first kappa shape index (κ1) is 15.3. The van der Waals surface area contributed by atoms with Crippen molar-refractivity contribution < 1.29 is 14.7 Å². The highest BCUT2D eigenvalue weighted by molar-refractivity contribution is 5.80. The molecule has 0 bridgehead atoms. The van der Waals surface area contributed by atoms with E-state index in [2.05, 4.69) is 20.8 Å². The van der Waals surface area contributed by atoms with E-state index in [-0.39, 0.29) is 23.2 Å². The zero-order valence-electron chi connectivity index (χ0n) is 12.9. The maximum absolute atomic E-state index is 12.6. The summed E-state index contributed by atoms with van der Waals surface area (Å²) in [7, 11) is 0. The molecule has 0 spiro atoms. The molecule has 4 heteroatoms. The smallest absolute Gasteiger partial charge is 0.306 e. The number of aliphatic carboxylic acids is 1. The topological polar surface area (TPSA) is 57.6 Å². The van der Waals surface area contributed by atoms with Crippen molar-refractivity contribution in [2.24, 2.45) is 23.2 Å². The molecule has 2 aliphatic rings. The molecular weight excluding hydrogens is 254 g/mol. The summed E-state index contributed by atoms with van der Waals surface area (Å²) in [5.41, 5.74) is 0.161. The van der Waals surface area contributed by atoms with Crippen LogP contribution in [0.4, 0.5) is 0 Å². The van der Waals surface area contributed by atoms with Crippen LogP contribution in [0.1, 0.15) is 52.9 Å². The van der Waals surface area contributed by atoms with Crippen LogP contribution in [0, 0.1) is 23.2 Å². The summed E-state index contributed by atoms with van der Waals surface area (Å²) in [5.74, 6) is -0.320. The summed E-state index contributed by atoms with van der Waals surface area (Å²) in [4.78, 5) is 25.7. The van der Waals surface area contributed by atoms with Gasteiger partial charge in [0.05, 0.1) is 5.92 Å². The van der Waals surface area contributed by atoms with Gasteiger partial charge >= 0.3 is 5.97 Å². The summed E-state index contributed by atoms with van der Waals surface area (Å²) < 4.78 is 0. The van der Waals surface area contributed by atoms with Gasteiger partial charge in [-0.1, -0.05) is 27.2 Å². The number of carboxylic acid groups (broad SMARTS) is 1. The molecular formula is C16H27NO3. The molecule has 1 aliphatic carbocycles. The van der Waals surface area contributed by atoms with Gasteiger partial charge in [-0.2, -0.15) is 0 Å². The van der Waals surface area contributed by atoms with Crippen LogP contribution in [0.15, 0.2) is 0 Å². The van der Waals surface area contributed by atoms with Crippen LogP contribution >= 0.6 is 0 Å². The summed E-state index contributed by atoms with van der Waals surface area (Å²) in [6.45, 7) is 8.33. The second-order valence-electron chi connectivity index (χ2n) is 7.34. The Morgan fingerprint density at radius 2 is 1.80 bits per heavy atom. The van der Waals surface area contributed by atoms with Crippen molar-refractivity contribution in [3.05, 3.63) is 0 Å². The Bertz CT molecular complexity index is 391. The average Bonchev–Trinajstić information content (AvgIpc) is 2.41. The van der Waals surface area contributed by atoms with Crippen LogP contribution in [0.2, 0.25) is 0 Å². The second kappa shape index (κ2) is 5.74. The predicted molar refractivity (Wildman–Crippen MR) is 77.2 cm³/mol. The van der Waals surface area contributed by atoms with E-state index in [1.54, 1.807) is 0 Å². The minimum Gasteiger partial charge on any atom is -0.481 e. The van der Waals surface area contributed by atoms with Gasteiger partial charge in [-0.05, 0) is 37.0 Å². The predicted octanol–water partition coefficient (Wildman–Crippen LogP) is 2.77. The van der Waals surface area contributed by atoms with Gasteiger partial charge < -0.3 is 10.0 Å². The minimum absolute atomic E-state index is 0.0749. The van der Waals surface area contributed by atoms with Gasteiger partial charge in [-0.15, -0.1) is 0 Å². The van der Waals surface area contributed by atoms with Gasteiger partial charge in [0.1, 0.15) is 0 Å². The van der Waals surface area contributed by atoms with E-state index >= 15 is 0 Å². The van der Waals surface area contributed by atoms with Crippen LogP contribution in [-0.2, 0) is 9.59 Å². The van der Waals surface area contributed by atoms with E-state index < -0.39 is 5.97 Å². The van der Waals surface area contributed by atoms with Crippen molar-refractivity contribution in [2.45, 2.75) is 52.9 Å². The van der Waals surface area contributed by atoms with Gasteiger partial charge in [0.2, 0.25) is 5.91 Å². The highest BCUT2D eigenvalue weighted by atomic mass is 16.4. The summed E-state index contributed by atoms with van der Waals surface area (Å²) in [5, 5.41) is 9.14. The Morgan fingerprint density at radius 1 is 1.15 bits per heavy atom. The SMILES string of the molecule is CC1CCN(C(=O)C2CCCC(C(=O)O)C2)CC1(C)C. The number of piperidine rings is 1. The molecule has 2 fully saturated rings. The third-order valence-corrected chi connectivity index (χ3v) is 5.45. The zero-order chi connectivity index (χ0) is 14.9. The normalized spacial score (nSPS) is 33.8. The van der Waals surface area contributed by atoms with Gasteiger partial charge in [0.25, 0.3) is 0 Å². The fraction of sp³-hybridized carbons (Fsp3) is 0.875. The van der Waals surface area contributed by atoms with Crippen LogP contribution in [0.5, 0.6) is 0 Å². The first-order valence-corrected chi connectivity index (χ1v) is 7.83. The number of hydrogen-bond acceptors (Lipinski definition) is 2. The lowest BCUT2D eigenvalue weighted by Gasteiger charge is -2.44. The zero-order valence-corrected chi connectivity index (χ0v) is 12.9. The lowest BCUT2D eigenvalue weighted by molar-refractivity contribution is -0.147. The number of likely N-dealkylation sites (tertiary alicyclic amines) is 1. The van der Waals surface area contributed by atoms with Crippen LogP contribution in [0.25, 0.3) is 0 Å². The molecule has 114 valence electrons. The second-order valence-corrected chi connectivity index (χ2v) is 7.34. The first-order valence-electron chi connectivity index (χ1n) is 7.83. The van der Waals surface area contributed by atoms with Crippen molar-refractivity contribution in [2.75, 3.05) is 13.1 Å². The quantitative estimate of drug-likeness (QED) is 0.846. The monoisotopic (exact) mass is 281 g/mol. The van der Waals surface area contributed by atoms with Crippen LogP contribution in [-0.4, -0.2) is 35.0 Å². The Morgan fingerprint density at radius 3 is 2.40 bits per heavy atom. The molecule has 1 N–H and O–H groups in total. The van der Waals surface area contributed by atoms with E-state index in [0.717, 1.165) is 38.8 Å². The number of nitrogens with zero attached hydrogens (tertiary/aromatic N) is 1. The third kappa shape index (κ3) is 3.15. The molecule has 20 heavy (non-hydrogen) atoms. The number of carbonyl (C=O) groups is 2. The molecule has 3 unspecified atom stereocenters. The minimum atomic E-state index is -0.741. The molecule has 2 rings (SSSR count). The van der Waals surface area contributed by atoms with Crippen LogP contribution < -0.4 is 0 Å². The lowest BCUT2D eigenvalue weighted by atomic mass is 9.74. The Labute approximate surface area is 121 Å². The maximum Gasteiger partial charge on any atom is 0.306 e. The van der Waals surface area contributed by atoms with Gasteiger partial charge in [-0.25, -0.2) is 0 Å². The molecule has 0 aromatic carbocycles.